The van der Waals surface area contributed by atoms with Gasteiger partial charge in [0.05, 0.1) is 85.3 Å². The molecule has 21 nitrogen and oxygen atoms in total. The average molecular weight is 1110 g/mol. The van der Waals surface area contributed by atoms with Crippen LogP contribution in [0.3, 0.4) is 0 Å². The molecule has 2 bridgehead atoms. The van der Waals surface area contributed by atoms with E-state index in [0.29, 0.717) is 47.5 Å². The summed E-state index contributed by atoms with van der Waals surface area (Å²) >= 11 is 0. The number of halogens is 1. The first-order chi connectivity index (χ1) is 37.3. The number of fused-ring (bicyclic) bond motifs is 2. The van der Waals surface area contributed by atoms with Crippen molar-refractivity contribution in [1.29, 1.82) is 0 Å². The van der Waals surface area contributed by atoms with Crippen LogP contribution >= 0.6 is 0 Å². The van der Waals surface area contributed by atoms with Crippen LogP contribution in [-0.4, -0.2) is 187 Å². The second-order valence-corrected chi connectivity index (χ2v) is 23.4. The predicted octanol–water partition coefficient (Wildman–Crippen LogP) is 4.33. The Labute approximate surface area is 461 Å². The van der Waals surface area contributed by atoms with Crippen molar-refractivity contribution in [2.45, 2.75) is 198 Å². The van der Waals surface area contributed by atoms with Gasteiger partial charge in [-0.2, -0.15) is 0 Å². The fourth-order valence-electron chi connectivity index (χ4n) is 12.4. The summed E-state index contributed by atoms with van der Waals surface area (Å²) in [5.41, 5.74) is -1.66. The smallest absolute Gasteiger partial charge is 0.414 e. The minimum Gasteiger partial charge on any atom is -0.459 e. The van der Waals surface area contributed by atoms with Gasteiger partial charge in [-0.1, -0.05) is 50.3 Å². The monoisotopic (exact) mass is 1110 g/mol. The third-order valence-electron chi connectivity index (χ3n) is 17.5. The quantitative estimate of drug-likeness (QED) is 0.133. The second kappa shape index (κ2) is 24.5. The van der Waals surface area contributed by atoms with E-state index >= 15 is 4.39 Å². The van der Waals surface area contributed by atoms with Crippen molar-refractivity contribution >= 4 is 23.5 Å². The number of aliphatic hydroxyl groups is 5. The summed E-state index contributed by atoms with van der Waals surface area (Å²) in [5, 5.41) is 64.9. The van der Waals surface area contributed by atoms with E-state index in [1.54, 1.807) is 88.8 Å². The molecule has 2 aromatic carbocycles. The molecule has 19 atom stereocenters. The number of esters is 1. The van der Waals surface area contributed by atoms with Gasteiger partial charge in [0.15, 0.2) is 12.6 Å². The number of nitrogens with zero attached hydrogens (tertiary/aromatic N) is 5. The Kier molecular flexibility index (Phi) is 18.8. The first kappa shape index (κ1) is 60.5. The summed E-state index contributed by atoms with van der Waals surface area (Å²) in [5.74, 6) is -5.26. The Bertz CT molecular complexity index is 2590. The molecule has 6 heterocycles. The maximum Gasteiger partial charge on any atom is 0.414 e. The molecular weight excluding hydrogens is 1030 g/mol. The number of amides is 1. The largest absolute Gasteiger partial charge is 0.459 e. The molecule has 5 N–H and O–H groups in total. The summed E-state index contributed by atoms with van der Waals surface area (Å²) in [7, 11) is 3.37. The third-order valence-corrected chi connectivity index (χ3v) is 17.5. The van der Waals surface area contributed by atoms with E-state index in [1.807, 2.05) is 25.8 Å². The van der Waals surface area contributed by atoms with Gasteiger partial charge in [-0.05, 0) is 97.2 Å². The molecule has 0 aliphatic carbocycles. The maximum absolute atomic E-state index is 15.4. The molecule has 0 radical (unpaired) electrons. The molecule has 22 heteroatoms. The topological polar surface area (TPSA) is 263 Å². The molecule has 0 unspecified atom stereocenters. The van der Waals surface area contributed by atoms with Gasteiger partial charge in [-0.25, -0.2) is 13.9 Å². The van der Waals surface area contributed by atoms with Crippen molar-refractivity contribution in [1.82, 2.24) is 19.9 Å². The molecule has 5 aliphatic heterocycles. The normalized spacial score (nSPS) is 38.7. The minimum atomic E-state index is -2.01. The van der Waals surface area contributed by atoms with Gasteiger partial charge in [0.25, 0.3) is 0 Å². The molecule has 8 rings (SSSR count). The maximum atomic E-state index is 15.4. The minimum absolute atomic E-state index is 0.0350. The number of hydrogen-bond donors (Lipinski definition) is 5. The molecule has 0 spiro atoms. The number of carbonyl (C=O) groups excluding carboxylic acids is 3. The SMILES string of the molecule is CC[C@H]1OC(=O)[C@H](C)[C@@H](O[C@H]2C[C@@](C)(OC)[C@@H](O)[C@H](C)O2)[C@H](C)[C@@H](O[C@@H]2O[C@H](C)C[C@H](N(C)CCc3cn(C[C@H]4CN(c5ccc(-c6ccc(CO)cc6)c(F)c5)C(=O)O4)nn3)[C@H]2O)[C@@]2(C)C[C@@H](CO2)C(=O)[C@H](C)[C@@H](O)[C@]1(C)O. The van der Waals surface area contributed by atoms with Gasteiger partial charge in [-0.3, -0.25) is 14.5 Å². The highest BCUT2D eigenvalue weighted by molar-refractivity contribution is 5.90. The number of hydrogen-bond acceptors (Lipinski definition) is 19. The molecule has 5 saturated heterocycles. The van der Waals surface area contributed by atoms with Gasteiger partial charge < -0.3 is 68.3 Å². The number of anilines is 1. The van der Waals surface area contributed by atoms with Crippen LogP contribution in [0.25, 0.3) is 11.1 Å². The summed E-state index contributed by atoms with van der Waals surface area (Å²) in [6.45, 7) is 15.8. The summed E-state index contributed by atoms with van der Waals surface area (Å²) in [4.78, 5) is 45.2. The first-order valence-corrected chi connectivity index (χ1v) is 27.7. The van der Waals surface area contributed by atoms with Gasteiger partial charge in [-0.15, -0.1) is 5.10 Å². The predicted molar refractivity (Wildman–Crippen MR) is 282 cm³/mol. The van der Waals surface area contributed by atoms with E-state index < -0.39 is 132 Å². The average Bonchev–Trinajstić information content (AvgIpc) is 4.24. The number of ether oxygens (including phenoxy) is 8. The number of methoxy groups -OCH3 is 1. The van der Waals surface area contributed by atoms with Crippen LogP contribution in [0.15, 0.2) is 48.7 Å². The van der Waals surface area contributed by atoms with Crippen LogP contribution in [-0.2, 0) is 67.1 Å². The van der Waals surface area contributed by atoms with E-state index in [-0.39, 0.29) is 51.3 Å². The zero-order chi connectivity index (χ0) is 57.5. The highest BCUT2D eigenvalue weighted by Gasteiger charge is 2.57. The van der Waals surface area contributed by atoms with Crippen molar-refractivity contribution in [3.8, 4) is 11.1 Å². The van der Waals surface area contributed by atoms with Crippen LogP contribution in [0.2, 0.25) is 0 Å². The van der Waals surface area contributed by atoms with E-state index in [2.05, 4.69) is 10.3 Å². The Morgan fingerprint density at radius 3 is 2.32 bits per heavy atom. The number of cyclic esters (lactones) is 2. The van der Waals surface area contributed by atoms with Crippen molar-refractivity contribution in [3.63, 3.8) is 0 Å². The number of likely N-dealkylation sites (N-methyl/N-ethyl adjacent to an activating group) is 1. The highest BCUT2D eigenvalue weighted by Crippen LogP contribution is 2.45. The van der Waals surface area contributed by atoms with Crippen LogP contribution < -0.4 is 4.90 Å². The lowest BCUT2D eigenvalue weighted by molar-refractivity contribution is -0.317. The number of aliphatic hydroxyl groups excluding tert-OH is 4. The fourth-order valence-corrected chi connectivity index (χ4v) is 12.4. The Morgan fingerprint density at radius 2 is 1.65 bits per heavy atom. The molecule has 5 aliphatic rings. The highest BCUT2D eigenvalue weighted by atomic mass is 19.1. The number of Topliss-reactive ketones (excluding diaryl/α,β-unsaturated/α-hetero) is 1. The number of aromatic nitrogens is 3. The molecule has 438 valence electrons. The van der Waals surface area contributed by atoms with Crippen molar-refractivity contribution in [3.05, 3.63) is 65.7 Å². The molecule has 5 fully saturated rings. The molecular formula is C57H82FN5O16. The summed E-state index contributed by atoms with van der Waals surface area (Å²) in [6.07, 6.45) is -8.80. The third kappa shape index (κ3) is 12.8. The Balaban J connectivity index is 0.973. The van der Waals surface area contributed by atoms with Gasteiger partial charge in [0, 0.05) is 62.1 Å². The number of benzene rings is 2. The summed E-state index contributed by atoms with van der Waals surface area (Å²) < 4.78 is 67.6. The summed E-state index contributed by atoms with van der Waals surface area (Å²) in [6, 6.07) is 11.0. The fraction of sp³-hybridized carbons (Fsp3) is 0.702. The molecule has 1 amide bonds. The van der Waals surface area contributed by atoms with Crippen molar-refractivity contribution < 1.29 is 82.2 Å². The lowest BCUT2D eigenvalue weighted by atomic mass is 9.75. The van der Waals surface area contributed by atoms with Crippen LogP contribution in [0.4, 0.5) is 14.9 Å². The zero-order valence-electron chi connectivity index (χ0n) is 47.3. The van der Waals surface area contributed by atoms with E-state index in [1.165, 1.54) is 25.0 Å². The van der Waals surface area contributed by atoms with Crippen LogP contribution in [0.1, 0.15) is 99.3 Å². The Hall–Kier alpha value is -4.56. The van der Waals surface area contributed by atoms with Gasteiger partial charge in [0.2, 0.25) is 0 Å². The van der Waals surface area contributed by atoms with Crippen molar-refractivity contribution in [2.75, 3.05) is 38.8 Å². The standard InChI is InChI=1S/C57H82FN5O16/c1-12-44-57(9,71)49(67)31(3)46(65)37-23-56(8,73-29-37)51(32(4)48(33(5)52(69)77-44)78-45-24-55(7,72-11)50(68)34(6)75-45)79-53-47(66)43(21-30(2)74-53)61(10)20-19-38-25-62(60-59-38)26-40-27-63(54(70)76-40)39-17-18-41(42(58)22-39)36-15-13-35(28-64)14-16-36/h13-18,22,25,30-34,37,40,43-45,47-51,53,64,66-68,71H,12,19-21,23-24,26-29H2,1-11H3/t30-,31+,32+,33-,34+,37+,40+,43+,44-,45+,47-,48+,49-,50+,51-,53+,55-,56-,57-/m1/s1. The van der Waals surface area contributed by atoms with E-state index in [0.717, 1.165) is 0 Å². The molecule has 3 aromatic rings. The number of ketones is 1. The van der Waals surface area contributed by atoms with Gasteiger partial charge >= 0.3 is 12.1 Å². The molecule has 0 saturated carbocycles. The van der Waals surface area contributed by atoms with E-state index in [9.17, 15) is 39.9 Å². The lowest BCUT2D eigenvalue weighted by Crippen LogP contribution is -2.61. The zero-order valence-corrected chi connectivity index (χ0v) is 47.3. The molecule has 79 heavy (non-hydrogen) atoms. The first-order valence-electron chi connectivity index (χ1n) is 27.7. The lowest BCUT2D eigenvalue weighted by Gasteiger charge is -2.49. The van der Waals surface area contributed by atoms with Crippen LogP contribution in [0, 0.1) is 29.5 Å². The van der Waals surface area contributed by atoms with Crippen LogP contribution in [0.5, 0.6) is 0 Å². The number of carbonyl (C=O) groups is 3. The number of rotatable bonds is 15. The van der Waals surface area contributed by atoms with E-state index in [4.69, 9.17) is 37.9 Å². The molecule has 1 aromatic heterocycles. The Morgan fingerprint density at radius 1 is 0.924 bits per heavy atom. The van der Waals surface area contributed by atoms with Crippen molar-refractivity contribution in [2.24, 2.45) is 23.7 Å². The van der Waals surface area contributed by atoms with Gasteiger partial charge in [0.1, 0.15) is 41.6 Å². The second-order valence-electron chi connectivity index (χ2n) is 23.4.